The second-order valence-electron chi connectivity index (χ2n) is 7.01. The predicted octanol–water partition coefficient (Wildman–Crippen LogP) is 0.949. The van der Waals surface area contributed by atoms with Crippen molar-refractivity contribution in [2.75, 3.05) is 39.3 Å². The lowest BCUT2D eigenvalue weighted by molar-refractivity contribution is -0.149. The van der Waals surface area contributed by atoms with E-state index < -0.39 is 0 Å². The molecule has 0 aliphatic carbocycles. The van der Waals surface area contributed by atoms with E-state index in [1.54, 1.807) is 0 Å². The van der Waals surface area contributed by atoms with Crippen LogP contribution in [0.4, 0.5) is 0 Å². The molecule has 0 aromatic rings. The summed E-state index contributed by atoms with van der Waals surface area (Å²) in [4.78, 5) is 28.8. The smallest absolute Gasteiger partial charge is 0.230 e. The minimum atomic E-state index is -0.246. The van der Waals surface area contributed by atoms with Crippen LogP contribution in [-0.2, 0) is 9.59 Å². The first-order valence-electron chi connectivity index (χ1n) is 8.17. The number of carbonyl (C=O) groups is 2. The molecule has 0 spiro atoms. The van der Waals surface area contributed by atoms with Crippen LogP contribution in [0.5, 0.6) is 0 Å². The maximum absolute atomic E-state index is 13.0. The van der Waals surface area contributed by atoms with E-state index in [0.717, 1.165) is 19.5 Å². The largest absolute Gasteiger partial charge is 0.339 e. The molecule has 0 radical (unpaired) electrons. The zero-order valence-electron chi connectivity index (χ0n) is 13.8. The second-order valence-corrected chi connectivity index (χ2v) is 7.01. The Morgan fingerprint density at radius 1 is 1.00 bits per heavy atom. The van der Waals surface area contributed by atoms with Crippen molar-refractivity contribution in [2.45, 2.75) is 34.1 Å². The fourth-order valence-electron chi connectivity index (χ4n) is 3.44. The van der Waals surface area contributed by atoms with Gasteiger partial charge in [-0.3, -0.25) is 9.59 Å². The first-order chi connectivity index (χ1) is 9.88. The fraction of sp³-hybridized carbons (Fsp3) is 0.875. The van der Waals surface area contributed by atoms with Gasteiger partial charge in [0.2, 0.25) is 11.8 Å². The normalized spacial score (nSPS) is 26.8. The van der Waals surface area contributed by atoms with E-state index in [2.05, 4.69) is 19.2 Å². The third-order valence-corrected chi connectivity index (χ3v) is 5.09. The molecule has 1 atom stereocenters. The molecule has 2 amide bonds. The zero-order valence-corrected chi connectivity index (χ0v) is 13.8. The van der Waals surface area contributed by atoms with Crippen LogP contribution in [0.3, 0.4) is 0 Å². The Bertz CT molecular complexity index is 392. The standard InChI is InChI=1S/C16H29N3O2/c1-12(2)14(20)18-7-9-19(10-8-18)15(21)16(13(3)4)5-6-17-11-16/h12-13,17H,5-11H2,1-4H3. The number of hydrogen-bond acceptors (Lipinski definition) is 3. The summed E-state index contributed by atoms with van der Waals surface area (Å²) in [7, 11) is 0. The van der Waals surface area contributed by atoms with E-state index in [4.69, 9.17) is 0 Å². The Labute approximate surface area is 128 Å². The lowest BCUT2D eigenvalue weighted by Crippen LogP contribution is -2.56. The molecule has 5 heteroatoms. The summed E-state index contributed by atoms with van der Waals surface area (Å²) < 4.78 is 0. The van der Waals surface area contributed by atoms with E-state index in [0.29, 0.717) is 32.1 Å². The number of rotatable bonds is 3. The van der Waals surface area contributed by atoms with Gasteiger partial charge in [-0.05, 0) is 18.9 Å². The Morgan fingerprint density at radius 2 is 1.57 bits per heavy atom. The van der Waals surface area contributed by atoms with Crippen LogP contribution in [0.25, 0.3) is 0 Å². The van der Waals surface area contributed by atoms with Crippen molar-refractivity contribution in [2.24, 2.45) is 17.3 Å². The van der Waals surface area contributed by atoms with Crippen LogP contribution in [0.15, 0.2) is 0 Å². The molecule has 2 aliphatic heterocycles. The second kappa shape index (κ2) is 6.34. The number of nitrogens with zero attached hydrogens (tertiary/aromatic N) is 2. The van der Waals surface area contributed by atoms with Gasteiger partial charge in [0, 0.05) is 38.6 Å². The van der Waals surface area contributed by atoms with Crippen LogP contribution in [0, 0.1) is 17.3 Å². The van der Waals surface area contributed by atoms with Crippen molar-refractivity contribution in [1.82, 2.24) is 15.1 Å². The molecule has 2 rings (SSSR count). The van der Waals surface area contributed by atoms with Crippen molar-refractivity contribution < 1.29 is 9.59 Å². The molecule has 0 aromatic carbocycles. The molecule has 0 bridgehead atoms. The van der Waals surface area contributed by atoms with Gasteiger partial charge in [-0.2, -0.15) is 0 Å². The summed E-state index contributed by atoms with van der Waals surface area (Å²) >= 11 is 0. The SMILES string of the molecule is CC(C)C(=O)N1CCN(C(=O)C2(C(C)C)CCNC2)CC1. The number of nitrogens with one attached hydrogen (secondary N) is 1. The molecule has 21 heavy (non-hydrogen) atoms. The van der Waals surface area contributed by atoms with Gasteiger partial charge in [0.1, 0.15) is 0 Å². The molecular formula is C16H29N3O2. The average Bonchev–Trinajstić information content (AvgIpc) is 2.96. The molecule has 120 valence electrons. The number of carbonyl (C=O) groups excluding carboxylic acids is 2. The summed E-state index contributed by atoms with van der Waals surface area (Å²) in [5, 5.41) is 3.34. The first kappa shape index (κ1) is 16.3. The summed E-state index contributed by atoms with van der Waals surface area (Å²) in [6.45, 7) is 12.5. The zero-order chi connectivity index (χ0) is 15.6. The maximum Gasteiger partial charge on any atom is 0.230 e. The third kappa shape index (κ3) is 3.07. The van der Waals surface area contributed by atoms with Crippen LogP contribution >= 0.6 is 0 Å². The van der Waals surface area contributed by atoms with Crippen molar-refractivity contribution in [1.29, 1.82) is 0 Å². The van der Waals surface area contributed by atoms with Crippen molar-refractivity contribution in [3.63, 3.8) is 0 Å². The quantitative estimate of drug-likeness (QED) is 0.843. The van der Waals surface area contributed by atoms with E-state index in [1.807, 2.05) is 23.6 Å². The summed E-state index contributed by atoms with van der Waals surface area (Å²) in [5.41, 5.74) is -0.246. The predicted molar refractivity (Wildman–Crippen MR) is 82.8 cm³/mol. The fourth-order valence-corrected chi connectivity index (χ4v) is 3.44. The van der Waals surface area contributed by atoms with Crippen LogP contribution in [-0.4, -0.2) is 60.9 Å². The Morgan fingerprint density at radius 3 is 2.00 bits per heavy atom. The monoisotopic (exact) mass is 295 g/mol. The molecule has 1 unspecified atom stereocenters. The minimum Gasteiger partial charge on any atom is -0.339 e. The van der Waals surface area contributed by atoms with Gasteiger partial charge in [0.05, 0.1) is 5.41 Å². The highest BCUT2D eigenvalue weighted by Crippen LogP contribution is 2.36. The Kier molecular flexibility index (Phi) is 4.91. The van der Waals surface area contributed by atoms with E-state index in [1.165, 1.54) is 0 Å². The third-order valence-electron chi connectivity index (χ3n) is 5.09. The van der Waals surface area contributed by atoms with Crippen LogP contribution in [0.1, 0.15) is 34.1 Å². The van der Waals surface area contributed by atoms with Gasteiger partial charge >= 0.3 is 0 Å². The van der Waals surface area contributed by atoms with Crippen LogP contribution < -0.4 is 5.32 Å². The lowest BCUT2D eigenvalue weighted by atomic mass is 9.75. The van der Waals surface area contributed by atoms with Crippen LogP contribution in [0.2, 0.25) is 0 Å². The van der Waals surface area contributed by atoms with E-state index in [-0.39, 0.29) is 23.1 Å². The topological polar surface area (TPSA) is 52.7 Å². The molecule has 2 fully saturated rings. The van der Waals surface area contributed by atoms with E-state index in [9.17, 15) is 9.59 Å². The van der Waals surface area contributed by atoms with Crippen molar-refractivity contribution in [3.8, 4) is 0 Å². The highest BCUT2D eigenvalue weighted by molar-refractivity contribution is 5.84. The molecule has 2 saturated heterocycles. The number of amides is 2. The van der Waals surface area contributed by atoms with Crippen molar-refractivity contribution >= 4 is 11.8 Å². The van der Waals surface area contributed by atoms with Gasteiger partial charge < -0.3 is 15.1 Å². The Hall–Kier alpha value is -1.10. The number of piperazine rings is 1. The summed E-state index contributed by atoms with van der Waals surface area (Å²) in [5.74, 6) is 0.853. The van der Waals surface area contributed by atoms with Gasteiger partial charge in [0.15, 0.2) is 0 Å². The van der Waals surface area contributed by atoms with Gasteiger partial charge in [0.25, 0.3) is 0 Å². The Balaban J connectivity index is 1.98. The number of hydrogen-bond donors (Lipinski definition) is 1. The first-order valence-corrected chi connectivity index (χ1v) is 8.17. The average molecular weight is 295 g/mol. The maximum atomic E-state index is 13.0. The highest BCUT2D eigenvalue weighted by Gasteiger charge is 2.46. The highest BCUT2D eigenvalue weighted by atomic mass is 16.2. The summed E-state index contributed by atoms with van der Waals surface area (Å²) in [6, 6.07) is 0. The molecule has 2 heterocycles. The van der Waals surface area contributed by atoms with Gasteiger partial charge in [-0.15, -0.1) is 0 Å². The molecule has 1 N–H and O–H groups in total. The molecule has 2 aliphatic rings. The molecule has 0 saturated carbocycles. The summed E-state index contributed by atoms with van der Waals surface area (Å²) in [6.07, 6.45) is 0.925. The van der Waals surface area contributed by atoms with Crippen molar-refractivity contribution in [3.05, 3.63) is 0 Å². The van der Waals surface area contributed by atoms with Gasteiger partial charge in [-0.25, -0.2) is 0 Å². The minimum absolute atomic E-state index is 0.0355. The molecular weight excluding hydrogens is 266 g/mol. The van der Waals surface area contributed by atoms with E-state index >= 15 is 0 Å². The molecule has 0 aromatic heterocycles. The van der Waals surface area contributed by atoms with Gasteiger partial charge in [-0.1, -0.05) is 27.7 Å². The molecule has 5 nitrogen and oxygen atoms in total. The lowest BCUT2D eigenvalue weighted by Gasteiger charge is -2.41.